The molecular weight excluding hydrogens is 360 g/mol. The van der Waals surface area contributed by atoms with Crippen LogP contribution in [0.4, 0.5) is 0 Å². The van der Waals surface area contributed by atoms with Gasteiger partial charge in [0, 0.05) is 21.9 Å². The molecule has 0 amide bonds. The van der Waals surface area contributed by atoms with E-state index in [4.69, 9.17) is 0 Å². The van der Waals surface area contributed by atoms with E-state index in [1.165, 1.54) is 0 Å². The second kappa shape index (κ2) is 4.20. The minimum atomic E-state index is -0.222. The molecule has 3 aromatic rings. The maximum Gasteiger partial charge on any atom is 0.263 e. The lowest BCUT2D eigenvalue weighted by atomic mass is 9.94. The maximum absolute atomic E-state index is 12.5. The summed E-state index contributed by atoms with van der Waals surface area (Å²) in [6.07, 6.45) is 2.66. The molecule has 0 atom stereocenters. The van der Waals surface area contributed by atoms with Gasteiger partial charge in [-0.15, -0.1) is 0 Å². The first kappa shape index (κ1) is 13.2. The lowest BCUT2D eigenvalue weighted by Gasteiger charge is -2.08. The molecule has 5 nitrogen and oxygen atoms in total. The molecule has 5 rings (SSSR count). The van der Waals surface area contributed by atoms with E-state index < -0.39 is 0 Å². The van der Waals surface area contributed by atoms with Gasteiger partial charge >= 0.3 is 0 Å². The number of benzene rings is 1. The average Bonchev–Trinajstić information content (AvgIpc) is 3.16. The Hall–Kier alpha value is -2.21. The minimum absolute atomic E-state index is 0.0436. The molecule has 2 aliphatic carbocycles. The van der Waals surface area contributed by atoms with Crippen molar-refractivity contribution in [3.63, 3.8) is 0 Å². The van der Waals surface area contributed by atoms with Crippen LogP contribution in [-0.2, 0) is 12.8 Å². The summed E-state index contributed by atoms with van der Waals surface area (Å²) in [6.45, 7) is 0. The summed E-state index contributed by atoms with van der Waals surface area (Å²) in [4.78, 5) is 42.7. The zero-order chi connectivity index (χ0) is 15.9. The molecule has 0 saturated carbocycles. The fourth-order valence-electron chi connectivity index (χ4n) is 4.09. The Balaban J connectivity index is 2.10. The third-order valence-electron chi connectivity index (χ3n) is 4.97. The Bertz CT molecular complexity index is 1140. The first-order valence-corrected chi connectivity index (χ1v) is 8.34. The Labute approximate surface area is 138 Å². The van der Waals surface area contributed by atoms with Gasteiger partial charge in [-0.25, -0.2) is 0 Å². The highest BCUT2D eigenvalue weighted by atomic mass is 79.9. The summed E-state index contributed by atoms with van der Waals surface area (Å²) in [5, 5.41) is 1.56. The van der Waals surface area contributed by atoms with Gasteiger partial charge in [-0.1, -0.05) is 0 Å². The van der Waals surface area contributed by atoms with E-state index in [1.54, 1.807) is 6.07 Å². The molecule has 0 aliphatic heterocycles. The Morgan fingerprint density at radius 3 is 2.52 bits per heavy atom. The Kier molecular flexibility index (Phi) is 2.42. The van der Waals surface area contributed by atoms with Gasteiger partial charge in [0.2, 0.25) is 0 Å². The number of fused-ring (bicyclic) bond motifs is 8. The molecule has 6 heteroatoms. The lowest BCUT2D eigenvalue weighted by Crippen LogP contribution is -2.05. The predicted octanol–water partition coefficient (Wildman–Crippen LogP) is 3.03. The van der Waals surface area contributed by atoms with Crippen molar-refractivity contribution in [1.82, 2.24) is 9.97 Å². The number of aromatic amines is 2. The van der Waals surface area contributed by atoms with Gasteiger partial charge in [-0.2, -0.15) is 0 Å². The summed E-state index contributed by atoms with van der Waals surface area (Å²) >= 11 is 3.25. The van der Waals surface area contributed by atoms with E-state index in [1.807, 2.05) is 0 Å². The molecule has 0 bridgehead atoms. The number of hydrogen-bond acceptors (Lipinski definition) is 3. The molecule has 2 aromatic heterocycles. The second-order valence-electron chi connectivity index (χ2n) is 6.19. The standard InChI is InChI=1S/C17H11BrN2O3/c18-9-4-8-13-14-11(22)5-10(21)12(14)6-2-1-3-7(6)15(13)19-16(8)20-17(9)23/h4H,1-3,5H2,(H2,19,20,23). The number of nitrogens with one attached hydrogen (secondary N) is 2. The minimum Gasteiger partial charge on any atom is -0.340 e. The van der Waals surface area contributed by atoms with Crippen molar-refractivity contribution in [2.24, 2.45) is 0 Å². The van der Waals surface area contributed by atoms with Gasteiger partial charge in [-0.3, -0.25) is 14.4 Å². The van der Waals surface area contributed by atoms with Crippen LogP contribution in [0.15, 0.2) is 15.3 Å². The van der Waals surface area contributed by atoms with Crippen LogP contribution < -0.4 is 5.56 Å². The van der Waals surface area contributed by atoms with E-state index in [2.05, 4.69) is 25.9 Å². The number of aromatic nitrogens is 2. The van der Waals surface area contributed by atoms with E-state index in [0.29, 0.717) is 21.2 Å². The third-order valence-corrected chi connectivity index (χ3v) is 5.55. The molecule has 2 heterocycles. The smallest absolute Gasteiger partial charge is 0.263 e. The fraction of sp³-hybridized carbons (Fsp3) is 0.235. The van der Waals surface area contributed by atoms with E-state index >= 15 is 0 Å². The monoisotopic (exact) mass is 370 g/mol. The van der Waals surface area contributed by atoms with Gasteiger partial charge in [0.05, 0.1) is 16.4 Å². The van der Waals surface area contributed by atoms with Crippen molar-refractivity contribution in [3.8, 4) is 0 Å². The van der Waals surface area contributed by atoms with Crippen molar-refractivity contribution >= 4 is 49.4 Å². The zero-order valence-corrected chi connectivity index (χ0v) is 13.6. The molecule has 114 valence electrons. The maximum atomic E-state index is 12.5. The number of Topliss-reactive ketones (excluding diaryl/α,β-unsaturated/α-hetero) is 2. The van der Waals surface area contributed by atoms with Crippen LogP contribution >= 0.6 is 15.9 Å². The Morgan fingerprint density at radius 1 is 0.957 bits per heavy atom. The van der Waals surface area contributed by atoms with Crippen molar-refractivity contribution < 1.29 is 9.59 Å². The highest BCUT2D eigenvalue weighted by Crippen LogP contribution is 2.42. The molecule has 0 saturated heterocycles. The number of pyridine rings is 1. The number of rotatable bonds is 0. The van der Waals surface area contributed by atoms with Gasteiger partial charge in [0.15, 0.2) is 11.6 Å². The highest BCUT2D eigenvalue weighted by Gasteiger charge is 2.36. The van der Waals surface area contributed by atoms with E-state index in [9.17, 15) is 14.4 Å². The summed E-state index contributed by atoms with van der Waals surface area (Å²) in [7, 11) is 0. The summed E-state index contributed by atoms with van der Waals surface area (Å²) in [5.74, 6) is -0.184. The zero-order valence-electron chi connectivity index (χ0n) is 12.0. The van der Waals surface area contributed by atoms with Gasteiger partial charge in [0.25, 0.3) is 5.56 Å². The SMILES string of the molecule is O=C1CC(=O)c2c1c1c(c3[nH]c4[nH]c(=O)c(Br)cc4c23)CCC1. The summed E-state index contributed by atoms with van der Waals surface area (Å²) in [6, 6.07) is 1.73. The van der Waals surface area contributed by atoms with E-state index in [-0.39, 0.29) is 23.5 Å². The number of carbonyl (C=O) groups is 2. The number of halogens is 1. The molecule has 23 heavy (non-hydrogen) atoms. The first-order valence-electron chi connectivity index (χ1n) is 7.54. The Morgan fingerprint density at radius 2 is 1.70 bits per heavy atom. The molecular formula is C17H11BrN2O3. The molecule has 0 unspecified atom stereocenters. The molecule has 0 radical (unpaired) electrons. The largest absolute Gasteiger partial charge is 0.340 e. The van der Waals surface area contributed by atoms with Crippen molar-refractivity contribution in [2.45, 2.75) is 25.7 Å². The van der Waals surface area contributed by atoms with Gasteiger partial charge in [-0.05, 0) is 52.4 Å². The summed E-state index contributed by atoms with van der Waals surface area (Å²) < 4.78 is 0.414. The second-order valence-corrected chi connectivity index (χ2v) is 7.05. The fourth-order valence-corrected chi connectivity index (χ4v) is 4.42. The highest BCUT2D eigenvalue weighted by molar-refractivity contribution is 9.10. The number of H-pyrrole nitrogens is 2. The first-order chi connectivity index (χ1) is 11.1. The predicted molar refractivity (Wildman–Crippen MR) is 89.4 cm³/mol. The molecule has 2 N–H and O–H groups in total. The van der Waals surface area contributed by atoms with Gasteiger partial charge in [0.1, 0.15) is 5.65 Å². The number of ketones is 2. The lowest BCUT2D eigenvalue weighted by molar-refractivity contribution is 0.0923. The molecule has 2 aliphatic rings. The van der Waals surface area contributed by atoms with Crippen molar-refractivity contribution in [2.75, 3.05) is 0 Å². The van der Waals surface area contributed by atoms with Gasteiger partial charge < -0.3 is 9.97 Å². The van der Waals surface area contributed by atoms with Crippen LogP contribution in [0.5, 0.6) is 0 Å². The van der Waals surface area contributed by atoms with Crippen LogP contribution in [0.3, 0.4) is 0 Å². The number of hydrogen-bond donors (Lipinski definition) is 2. The topological polar surface area (TPSA) is 82.8 Å². The molecule has 0 fully saturated rings. The van der Waals surface area contributed by atoms with Crippen LogP contribution in [0.1, 0.15) is 44.7 Å². The van der Waals surface area contributed by atoms with Crippen molar-refractivity contribution in [3.05, 3.63) is 43.1 Å². The van der Waals surface area contributed by atoms with Crippen LogP contribution in [-0.4, -0.2) is 21.5 Å². The normalized spacial score (nSPS) is 16.6. The van der Waals surface area contributed by atoms with Crippen LogP contribution in [0, 0.1) is 0 Å². The van der Waals surface area contributed by atoms with E-state index in [0.717, 1.165) is 46.7 Å². The average molecular weight is 371 g/mol. The number of aryl methyl sites for hydroxylation is 1. The third kappa shape index (κ3) is 1.54. The number of carbonyl (C=O) groups excluding carboxylic acids is 2. The summed E-state index contributed by atoms with van der Waals surface area (Å²) in [5.41, 5.74) is 4.58. The molecule has 1 aromatic carbocycles. The van der Waals surface area contributed by atoms with Crippen LogP contribution in [0.25, 0.3) is 21.9 Å². The quantitative estimate of drug-likeness (QED) is 0.596. The molecule has 0 spiro atoms. The van der Waals surface area contributed by atoms with Crippen molar-refractivity contribution in [1.29, 1.82) is 0 Å². The van der Waals surface area contributed by atoms with Crippen LogP contribution in [0.2, 0.25) is 0 Å².